The summed E-state index contributed by atoms with van der Waals surface area (Å²) in [5.41, 5.74) is 15.8. The van der Waals surface area contributed by atoms with Crippen molar-refractivity contribution in [2.75, 3.05) is 0 Å². The van der Waals surface area contributed by atoms with Crippen LogP contribution in [0.1, 0.15) is 0 Å². The molecule has 8 aromatic carbocycles. The van der Waals surface area contributed by atoms with Crippen LogP contribution in [0.2, 0.25) is 0 Å². The molecule has 0 aliphatic carbocycles. The zero-order valence-electron chi connectivity index (χ0n) is 29.9. The second kappa shape index (κ2) is 12.6. The molecular weight excluding hydrogens is 667 g/mol. The van der Waals surface area contributed by atoms with Crippen molar-refractivity contribution < 1.29 is 0 Å². The lowest BCUT2D eigenvalue weighted by atomic mass is 9.96. The third kappa shape index (κ3) is 5.20. The lowest BCUT2D eigenvalue weighted by Crippen LogP contribution is -1.96. The summed E-state index contributed by atoms with van der Waals surface area (Å²) in [7, 11) is 0. The van der Waals surface area contributed by atoms with Gasteiger partial charge in [-0.3, -0.25) is 0 Å². The van der Waals surface area contributed by atoms with Gasteiger partial charge in [0.15, 0.2) is 5.82 Å². The van der Waals surface area contributed by atoms with E-state index in [4.69, 9.17) is 9.97 Å². The molecule has 0 unspecified atom stereocenters. The average Bonchev–Trinajstić information content (AvgIpc) is 3.80. The number of hydrogen-bond acceptors (Lipinski definition) is 2. The molecular formula is C52H33N3. The van der Waals surface area contributed by atoms with Crippen molar-refractivity contribution in [1.29, 1.82) is 0 Å². The average molecular weight is 700 g/mol. The Morgan fingerprint density at radius 3 is 1.47 bits per heavy atom. The van der Waals surface area contributed by atoms with E-state index in [-0.39, 0.29) is 0 Å². The number of hydrogen-bond donors (Lipinski definition) is 0. The Labute approximate surface area is 318 Å². The highest BCUT2D eigenvalue weighted by Gasteiger charge is 2.20. The van der Waals surface area contributed by atoms with Crippen molar-refractivity contribution in [2.24, 2.45) is 0 Å². The number of nitrogens with zero attached hydrogens (tertiary/aromatic N) is 3. The van der Waals surface area contributed by atoms with Crippen LogP contribution in [-0.2, 0) is 0 Å². The lowest BCUT2D eigenvalue weighted by Gasteiger charge is -2.11. The minimum atomic E-state index is 0.706. The highest BCUT2D eigenvalue weighted by atomic mass is 14.9. The van der Waals surface area contributed by atoms with Gasteiger partial charge in [-0.25, -0.2) is 9.97 Å². The second-order valence-electron chi connectivity index (χ2n) is 14.2. The van der Waals surface area contributed by atoms with Gasteiger partial charge in [0, 0.05) is 38.2 Å². The first-order valence-electron chi connectivity index (χ1n) is 18.7. The Morgan fingerprint density at radius 2 is 0.818 bits per heavy atom. The summed E-state index contributed by atoms with van der Waals surface area (Å²) in [5, 5.41) is 5.15. The fourth-order valence-electron chi connectivity index (χ4n) is 8.37. The molecule has 3 heteroatoms. The smallest absolute Gasteiger partial charge is 0.160 e. The van der Waals surface area contributed by atoms with Crippen LogP contribution in [0.4, 0.5) is 0 Å². The van der Waals surface area contributed by atoms with Gasteiger partial charge in [0.2, 0.25) is 0 Å². The van der Waals surface area contributed by atoms with Gasteiger partial charge in [-0.2, -0.15) is 0 Å². The molecule has 3 aromatic heterocycles. The maximum atomic E-state index is 5.09. The van der Waals surface area contributed by atoms with Crippen molar-refractivity contribution in [3.63, 3.8) is 0 Å². The Morgan fingerprint density at radius 1 is 0.309 bits per heavy atom. The lowest BCUT2D eigenvalue weighted by molar-refractivity contribution is 1.18. The molecule has 0 fully saturated rings. The van der Waals surface area contributed by atoms with Crippen molar-refractivity contribution in [3.05, 3.63) is 200 Å². The summed E-state index contributed by atoms with van der Waals surface area (Å²) in [6.07, 6.45) is 0. The number of aromatic nitrogens is 3. The van der Waals surface area contributed by atoms with Gasteiger partial charge in [0.25, 0.3) is 0 Å². The quantitative estimate of drug-likeness (QED) is 0.173. The molecule has 3 heterocycles. The predicted octanol–water partition coefficient (Wildman–Crippen LogP) is 13.6. The van der Waals surface area contributed by atoms with E-state index in [0.717, 1.165) is 39.2 Å². The Balaban J connectivity index is 1.02. The number of para-hydroxylation sites is 1. The monoisotopic (exact) mass is 699 g/mol. The molecule has 0 spiro atoms. The molecule has 11 rings (SSSR count). The van der Waals surface area contributed by atoms with Gasteiger partial charge in [0.05, 0.1) is 27.9 Å². The minimum absolute atomic E-state index is 0.706. The van der Waals surface area contributed by atoms with Gasteiger partial charge < -0.3 is 4.40 Å². The number of rotatable bonds is 6. The fourth-order valence-corrected chi connectivity index (χ4v) is 8.37. The van der Waals surface area contributed by atoms with Crippen molar-refractivity contribution in [3.8, 4) is 67.3 Å². The van der Waals surface area contributed by atoms with E-state index < -0.39 is 0 Å². The molecule has 0 bridgehead atoms. The second-order valence-corrected chi connectivity index (χ2v) is 14.2. The van der Waals surface area contributed by atoms with E-state index in [1.165, 1.54) is 60.3 Å². The molecule has 55 heavy (non-hydrogen) atoms. The van der Waals surface area contributed by atoms with Crippen LogP contribution in [0.25, 0.3) is 105 Å². The number of benzene rings is 8. The van der Waals surface area contributed by atoms with Crippen LogP contribution in [-0.4, -0.2) is 14.4 Å². The predicted molar refractivity (Wildman–Crippen MR) is 229 cm³/mol. The van der Waals surface area contributed by atoms with Gasteiger partial charge >= 0.3 is 0 Å². The molecule has 0 aliphatic rings. The first-order valence-corrected chi connectivity index (χ1v) is 18.7. The maximum Gasteiger partial charge on any atom is 0.160 e. The molecule has 0 saturated carbocycles. The highest BCUT2D eigenvalue weighted by molar-refractivity contribution is 6.26. The largest absolute Gasteiger partial charge is 0.308 e. The summed E-state index contributed by atoms with van der Waals surface area (Å²) in [5.74, 6) is 0.706. The van der Waals surface area contributed by atoms with E-state index in [9.17, 15) is 0 Å². The summed E-state index contributed by atoms with van der Waals surface area (Å²) in [6, 6.07) is 71.4. The number of fused-ring (bicyclic) bond motifs is 6. The fraction of sp³-hybridized carbons (Fsp3) is 0. The molecule has 0 aliphatic heterocycles. The summed E-state index contributed by atoms with van der Waals surface area (Å²) in [4.78, 5) is 10.2. The summed E-state index contributed by atoms with van der Waals surface area (Å²) < 4.78 is 2.48. The van der Waals surface area contributed by atoms with Gasteiger partial charge in [-0.15, -0.1) is 0 Å². The standard InChI is InChI=1S/C52H33N3/c1-4-14-34(15-5-1)42-24-13-27-48-50(42)45-26-12-25-44-43-29-28-40(32-49(43)55(48)51(44)45)38-21-10-20-37(30-38)39-22-11-23-41(31-39)52-53-46(35-16-6-2-7-17-35)33-47(54-52)36-18-8-3-9-19-36/h1-33H. The molecule has 0 N–H and O–H groups in total. The first-order chi connectivity index (χ1) is 27.3. The van der Waals surface area contributed by atoms with Gasteiger partial charge in [-0.05, 0) is 63.7 Å². The molecule has 0 saturated heterocycles. The third-order valence-corrected chi connectivity index (χ3v) is 10.9. The topological polar surface area (TPSA) is 30.2 Å². The van der Waals surface area contributed by atoms with E-state index in [1.54, 1.807) is 0 Å². The Kier molecular flexibility index (Phi) is 7.17. The first kappa shape index (κ1) is 31.2. The van der Waals surface area contributed by atoms with Crippen LogP contribution >= 0.6 is 0 Å². The zero-order chi connectivity index (χ0) is 36.3. The zero-order valence-corrected chi connectivity index (χ0v) is 29.9. The molecule has 11 aromatic rings. The van der Waals surface area contributed by atoms with Crippen LogP contribution in [0, 0.1) is 0 Å². The van der Waals surface area contributed by atoms with Crippen molar-refractivity contribution in [1.82, 2.24) is 14.4 Å². The van der Waals surface area contributed by atoms with E-state index >= 15 is 0 Å². The van der Waals surface area contributed by atoms with Crippen molar-refractivity contribution in [2.45, 2.75) is 0 Å². The van der Waals surface area contributed by atoms with E-state index in [1.807, 2.05) is 12.1 Å². The molecule has 256 valence electrons. The SMILES string of the molecule is c1ccc(-c2cc(-c3ccccc3)nc(-c3cccc(-c4cccc(-c5ccc6c7cccc8c9c(-c%10ccccc%10)cccc9n(c6c5)c78)c4)c3)n2)cc1. The van der Waals surface area contributed by atoms with Crippen LogP contribution in [0.3, 0.4) is 0 Å². The molecule has 0 atom stereocenters. The summed E-state index contributed by atoms with van der Waals surface area (Å²) in [6.45, 7) is 0. The van der Waals surface area contributed by atoms with E-state index in [0.29, 0.717) is 5.82 Å². The molecule has 0 radical (unpaired) electrons. The molecule has 0 amide bonds. The maximum absolute atomic E-state index is 5.09. The van der Waals surface area contributed by atoms with Gasteiger partial charge in [-0.1, -0.05) is 170 Å². The molecule has 3 nitrogen and oxygen atoms in total. The van der Waals surface area contributed by atoms with Gasteiger partial charge in [0.1, 0.15) is 0 Å². The van der Waals surface area contributed by atoms with Crippen LogP contribution in [0.15, 0.2) is 200 Å². The van der Waals surface area contributed by atoms with Crippen LogP contribution in [0.5, 0.6) is 0 Å². The summed E-state index contributed by atoms with van der Waals surface area (Å²) >= 11 is 0. The van der Waals surface area contributed by atoms with Crippen LogP contribution < -0.4 is 0 Å². The Bertz CT molecular complexity index is 3120. The Hall–Kier alpha value is -7.36. The normalized spacial score (nSPS) is 11.6. The minimum Gasteiger partial charge on any atom is -0.308 e. The highest BCUT2D eigenvalue weighted by Crippen LogP contribution is 2.43. The third-order valence-electron chi connectivity index (χ3n) is 10.9. The van der Waals surface area contributed by atoms with Crippen molar-refractivity contribution >= 4 is 38.1 Å². The van der Waals surface area contributed by atoms with E-state index in [2.05, 4.69) is 192 Å².